The summed E-state index contributed by atoms with van der Waals surface area (Å²) in [5.74, 6) is 0.714. The van der Waals surface area contributed by atoms with Crippen LogP contribution >= 0.6 is 27.3 Å². The van der Waals surface area contributed by atoms with Crippen molar-refractivity contribution in [2.75, 3.05) is 7.05 Å². The molecule has 3 atom stereocenters. The molecule has 1 heterocycles. The van der Waals surface area contributed by atoms with Gasteiger partial charge >= 0.3 is 0 Å². The fourth-order valence-corrected chi connectivity index (χ4v) is 4.15. The summed E-state index contributed by atoms with van der Waals surface area (Å²) in [7, 11) is 2.19. The van der Waals surface area contributed by atoms with Gasteiger partial charge in [0.15, 0.2) is 0 Å². The Kier molecular flexibility index (Phi) is 6.31. The molecule has 0 aliphatic carbocycles. The standard InChI is InChI=1S/C14H25BrN2S/c1-9(2)6-10(3)17(5)14(11(4)16)13-7-12(15)8-18-13/h7-11,14H,6,16H2,1-5H3. The second-order valence-electron chi connectivity index (χ2n) is 5.62. The molecule has 1 rings (SSSR count). The lowest BCUT2D eigenvalue weighted by molar-refractivity contribution is 0.150. The second kappa shape index (κ2) is 7.04. The quantitative estimate of drug-likeness (QED) is 0.842. The molecule has 1 aromatic rings. The number of halogens is 1. The molecule has 1 aromatic heterocycles. The molecule has 0 spiro atoms. The van der Waals surface area contributed by atoms with Crippen LogP contribution < -0.4 is 5.73 Å². The van der Waals surface area contributed by atoms with Gasteiger partial charge in [-0.1, -0.05) is 13.8 Å². The van der Waals surface area contributed by atoms with Crippen LogP contribution in [0.3, 0.4) is 0 Å². The van der Waals surface area contributed by atoms with Gasteiger partial charge in [-0.15, -0.1) is 11.3 Å². The molecule has 0 radical (unpaired) electrons. The van der Waals surface area contributed by atoms with Crippen LogP contribution in [-0.2, 0) is 0 Å². The molecule has 0 aliphatic rings. The van der Waals surface area contributed by atoms with Crippen LogP contribution in [0, 0.1) is 5.92 Å². The van der Waals surface area contributed by atoms with E-state index in [-0.39, 0.29) is 6.04 Å². The summed E-state index contributed by atoms with van der Waals surface area (Å²) in [6.45, 7) is 8.93. The molecule has 104 valence electrons. The first-order chi connectivity index (χ1) is 8.32. The number of hydrogen-bond donors (Lipinski definition) is 1. The summed E-state index contributed by atoms with van der Waals surface area (Å²) in [6.07, 6.45) is 1.20. The molecule has 0 bridgehead atoms. The number of nitrogens with two attached hydrogens (primary N) is 1. The van der Waals surface area contributed by atoms with Crippen molar-refractivity contribution in [3.05, 3.63) is 20.8 Å². The molecule has 2 nitrogen and oxygen atoms in total. The number of hydrogen-bond acceptors (Lipinski definition) is 3. The minimum Gasteiger partial charge on any atom is -0.326 e. The Morgan fingerprint density at radius 3 is 2.33 bits per heavy atom. The summed E-state index contributed by atoms with van der Waals surface area (Å²) in [4.78, 5) is 3.76. The van der Waals surface area contributed by atoms with Crippen molar-refractivity contribution in [3.63, 3.8) is 0 Å². The normalized spacial score (nSPS) is 17.2. The molecule has 0 saturated carbocycles. The summed E-state index contributed by atoms with van der Waals surface area (Å²) >= 11 is 5.31. The van der Waals surface area contributed by atoms with E-state index in [1.165, 1.54) is 11.3 Å². The van der Waals surface area contributed by atoms with Crippen LogP contribution in [-0.4, -0.2) is 24.0 Å². The molecule has 0 aromatic carbocycles. The van der Waals surface area contributed by atoms with E-state index >= 15 is 0 Å². The van der Waals surface area contributed by atoms with Gasteiger partial charge in [0.05, 0.1) is 6.04 Å². The number of likely N-dealkylation sites (N-methyl/N-ethyl adjacent to an activating group) is 1. The van der Waals surface area contributed by atoms with Crippen LogP contribution in [0.4, 0.5) is 0 Å². The fourth-order valence-electron chi connectivity index (χ4n) is 2.44. The lowest BCUT2D eigenvalue weighted by atomic mass is 10.00. The SMILES string of the molecule is CC(C)CC(C)N(C)C(c1cc(Br)cs1)C(C)N. The maximum Gasteiger partial charge on any atom is 0.0590 e. The highest BCUT2D eigenvalue weighted by molar-refractivity contribution is 9.10. The summed E-state index contributed by atoms with van der Waals surface area (Å²) < 4.78 is 1.15. The average Bonchev–Trinajstić information content (AvgIpc) is 2.63. The van der Waals surface area contributed by atoms with Crippen LogP contribution in [0.5, 0.6) is 0 Å². The highest BCUT2D eigenvalue weighted by Gasteiger charge is 2.26. The Balaban J connectivity index is 2.85. The lowest BCUT2D eigenvalue weighted by Crippen LogP contribution is -2.41. The van der Waals surface area contributed by atoms with Crippen LogP contribution in [0.2, 0.25) is 0 Å². The van der Waals surface area contributed by atoms with Gasteiger partial charge in [-0.3, -0.25) is 4.90 Å². The first-order valence-electron chi connectivity index (χ1n) is 6.54. The zero-order valence-corrected chi connectivity index (χ0v) is 14.4. The third kappa shape index (κ3) is 4.34. The first kappa shape index (κ1) is 16.2. The van der Waals surface area contributed by atoms with E-state index in [9.17, 15) is 0 Å². The fraction of sp³-hybridized carbons (Fsp3) is 0.714. The summed E-state index contributed by atoms with van der Waals surface area (Å²) in [5.41, 5.74) is 6.20. The highest BCUT2D eigenvalue weighted by Crippen LogP contribution is 2.32. The number of rotatable bonds is 6. The van der Waals surface area contributed by atoms with Gasteiger partial charge in [0.25, 0.3) is 0 Å². The monoisotopic (exact) mass is 332 g/mol. The lowest BCUT2D eigenvalue weighted by Gasteiger charge is -2.35. The van der Waals surface area contributed by atoms with Crippen molar-refractivity contribution in [1.29, 1.82) is 0 Å². The smallest absolute Gasteiger partial charge is 0.0590 e. The average molecular weight is 333 g/mol. The van der Waals surface area contributed by atoms with E-state index in [0.717, 1.165) is 4.47 Å². The van der Waals surface area contributed by atoms with E-state index in [4.69, 9.17) is 5.73 Å². The van der Waals surface area contributed by atoms with Crippen molar-refractivity contribution in [2.45, 2.75) is 52.2 Å². The molecule has 0 saturated heterocycles. The predicted molar refractivity (Wildman–Crippen MR) is 85.1 cm³/mol. The molecule has 3 unspecified atom stereocenters. The van der Waals surface area contributed by atoms with Crippen molar-refractivity contribution in [3.8, 4) is 0 Å². The summed E-state index contributed by atoms with van der Waals surface area (Å²) in [5, 5.41) is 2.13. The van der Waals surface area contributed by atoms with E-state index in [2.05, 4.69) is 67.0 Å². The third-order valence-electron chi connectivity index (χ3n) is 3.32. The van der Waals surface area contributed by atoms with Gasteiger partial charge in [-0.2, -0.15) is 0 Å². The molecular formula is C14H25BrN2S. The Morgan fingerprint density at radius 2 is 1.94 bits per heavy atom. The maximum atomic E-state index is 6.20. The van der Waals surface area contributed by atoms with Crippen molar-refractivity contribution in [1.82, 2.24) is 4.90 Å². The zero-order chi connectivity index (χ0) is 13.9. The van der Waals surface area contributed by atoms with Crippen LogP contribution in [0.25, 0.3) is 0 Å². The minimum atomic E-state index is 0.134. The second-order valence-corrected chi connectivity index (χ2v) is 7.47. The van der Waals surface area contributed by atoms with Crippen molar-refractivity contribution in [2.24, 2.45) is 11.7 Å². The minimum absolute atomic E-state index is 0.134. The summed E-state index contributed by atoms with van der Waals surface area (Å²) in [6, 6.07) is 3.17. The molecule has 4 heteroatoms. The van der Waals surface area contributed by atoms with Crippen molar-refractivity contribution < 1.29 is 0 Å². The Labute approximate surface area is 124 Å². The molecular weight excluding hydrogens is 308 g/mol. The predicted octanol–water partition coefficient (Wildman–Crippen LogP) is 4.27. The maximum absolute atomic E-state index is 6.20. The topological polar surface area (TPSA) is 29.3 Å². The van der Waals surface area contributed by atoms with Gasteiger partial charge in [0.1, 0.15) is 0 Å². The molecule has 0 fully saturated rings. The van der Waals surface area contributed by atoms with Gasteiger partial charge in [0.2, 0.25) is 0 Å². The third-order valence-corrected chi connectivity index (χ3v) is 5.09. The Hall–Kier alpha value is 0.1000. The van der Waals surface area contributed by atoms with Gasteiger partial charge in [-0.05, 0) is 55.2 Å². The Bertz CT molecular complexity index is 362. The number of thiophene rings is 1. The highest BCUT2D eigenvalue weighted by atomic mass is 79.9. The molecule has 18 heavy (non-hydrogen) atoms. The van der Waals surface area contributed by atoms with E-state index in [1.807, 2.05) is 0 Å². The van der Waals surface area contributed by atoms with Gasteiger partial charge in [-0.25, -0.2) is 0 Å². The van der Waals surface area contributed by atoms with E-state index in [0.29, 0.717) is 18.0 Å². The molecule has 0 amide bonds. The van der Waals surface area contributed by atoms with Crippen LogP contribution in [0.15, 0.2) is 15.9 Å². The number of nitrogens with zero attached hydrogens (tertiary/aromatic N) is 1. The molecule has 2 N–H and O–H groups in total. The van der Waals surface area contributed by atoms with Crippen LogP contribution in [0.1, 0.15) is 45.0 Å². The zero-order valence-electron chi connectivity index (χ0n) is 12.0. The Morgan fingerprint density at radius 1 is 1.33 bits per heavy atom. The molecule has 0 aliphatic heterocycles. The van der Waals surface area contributed by atoms with Gasteiger partial charge < -0.3 is 5.73 Å². The van der Waals surface area contributed by atoms with Gasteiger partial charge in [0, 0.05) is 26.8 Å². The van der Waals surface area contributed by atoms with Crippen molar-refractivity contribution >= 4 is 27.3 Å². The first-order valence-corrected chi connectivity index (χ1v) is 8.21. The van der Waals surface area contributed by atoms with E-state index < -0.39 is 0 Å². The van der Waals surface area contributed by atoms with E-state index in [1.54, 1.807) is 11.3 Å². The largest absolute Gasteiger partial charge is 0.326 e.